The van der Waals surface area contributed by atoms with Crippen molar-refractivity contribution in [2.75, 3.05) is 44.0 Å². The monoisotopic (exact) mass is 722 g/mol. The maximum Gasteiger partial charge on any atom is 0.323 e. The molecule has 0 radical (unpaired) electrons. The minimum absolute atomic E-state index is 0.0902. The fraction of sp³-hybridized carbons (Fsp3) is 0.405. The molecule has 0 bridgehead atoms. The summed E-state index contributed by atoms with van der Waals surface area (Å²) in [7, 11) is -2.19. The van der Waals surface area contributed by atoms with Crippen LogP contribution in [0.1, 0.15) is 50.4 Å². The summed E-state index contributed by atoms with van der Waals surface area (Å²) in [5.74, 6) is -0.334. The molecule has 1 aliphatic rings. The maximum absolute atomic E-state index is 14.4. The number of aliphatic hydroxyl groups is 1. The van der Waals surface area contributed by atoms with E-state index in [2.05, 4.69) is 10.6 Å². The first kappa shape index (κ1) is 37.3. The van der Waals surface area contributed by atoms with Crippen molar-refractivity contribution in [3.05, 3.63) is 83.7 Å². The minimum atomic E-state index is -3.72. The van der Waals surface area contributed by atoms with Gasteiger partial charge >= 0.3 is 6.03 Å². The lowest BCUT2D eigenvalue weighted by atomic mass is 10.0. The first-order valence-corrected chi connectivity index (χ1v) is 19.2. The molecule has 2 heterocycles. The number of anilines is 2. The molecule has 0 saturated heterocycles. The summed E-state index contributed by atoms with van der Waals surface area (Å²) in [5.41, 5.74) is 1.27. The second-order valence-corrected chi connectivity index (χ2v) is 16.1. The Balaban J connectivity index is 1.42. The van der Waals surface area contributed by atoms with Crippen LogP contribution >= 0.6 is 11.3 Å². The zero-order chi connectivity index (χ0) is 35.8. The van der Waals surface area contributed by atoms with Gasteiger partial charge in [-0.3, -0.25) is 4.79 Å². The first-order chi connectivity index (χ1) is 24.0. The Morgan fingerprint density at radius 1 is 1.06 bits per heavy atom. The van der Waals surface area contributed by atoms with Crippen LogP contribution in [0.15, 0.2) is 82.4 Å². The summed E-state index contributed by atoms with van der Waals surface area (Å²) in [5, 5.41) is 19.6. The number of rotatable bonds is 8. The van der Waals surface area contributed by atoms with E-state index >= 15 is 0 Å². The van der Waals surface area contributed by atoms with Gasteiger partial charge < -0.3 is 30.1 Å². The van der Waals surface area contributed by atoms with E-state index in [1.165, 1.54) is 11.4 Å². The van der Waals surface area contributed by atoms with E-state index < -0.39 is 34.1 Å². The normalized spacial score (nSPS) is 20.1. The lowest BCUT2D eigenvalue weighted by Gasteiger charge is -2.35. The number of hydrogen-bond acceptors (Lipinski definition) is 8. The second-order valence-electron chi connectivity index (χ2n) is 12.8. The third-order valence-electron chi connectivity index (χ3n) is 8.94. The van der Waals surface area contributed by atoms with Crippen LogP contribution < -0.4 is 15.4 Å². The average molecular weight is 723 g/mol. The van der Waals surface area contributed by atoms with Crippen LogP contribution in [0, 0.1) is 5.92 Å². The first-order valence-electron chi connectivity index (χ1n) is 16.9. The predicted octanol–water partition coefficient (Wildman–Crippen LogP) is 6.66. The summed E-state index contributed by atoms with van der Waals surface area (Å²) in [4.78, 5) is 29.2. The molecule has 11 nitrogen and oxygen atoms in total. The standard InChI is InChI=1S/C37H46N4O7S2/c1-25-22-41(26(2)24-42)36(43)31-21-29(38-37(44)39-32-15-9-13-28-12-5-6-14-30(28)32)17-18-33(31)48-27(3)11-7-8-19-47-34(25)23-40(4)50(45,46)35-16-10-20-49-35/h5-6,9-10,12-18,20-21,25-27,34,42H,7-8,11,19,22-24H2,1-4H3,(H2,38,39,44)/t25-,26+,27+,34-/m0/s1. The van der Waals surface area contributed by atoms with Gasteiger partial charge in [-0.05, 0) is 74.2 Å². The van der Waals surface area contributed by atoms with Gasteiger partial charge in [0.1, 0.15) is 9.96 Å². The molecule has 5 rings (SSSR count). The largest absolute Gasteiger partial charge is 0.490 e. The molecule has 0 saturated carbocycles. The van der Waals surface area contributed by atoms with Crippen molar-refractivity contribution in [1.82, 2.24) is 9.21 Å². The third-order valence-corrected chi connectivity index (χ3v) is 12.1. The van der Waals surface area contributed by atoms with Gasteiger partial charge in [-0.1, -0.05) is 49.4 Å². The number of likely N-dealkylation sites (N-methyl/N-ethyl adjacent to an activating group) is 1. The molecule has 3 N–H and O–H groups in total. The van der Waals surface area contributed by atoms with E-state index in [0.717, 1.165) is 35.0 Å². The Hall–Kier alpha value is -4.01. The number of fused-ring (bicyclic) bond motifs is 2. The second kappa shape index (κ2) is 16.8. The van der Waals surface area contributed by atoms with Crippen molar-refractivity contribution in [3.8, 4) is 5.75 Å². The van der Waals surface area contributed by atoms with Crippen LogP contribution in [-0.2, 0) is 14.8 Å². The number of thiophene rings is 1. The van der Waals surface area contributed by atoms with E-state index in [1.807, 2.05) is 56.3 Å². The Kier molecular flexibility index (Phi) is 12.5. The zero-order valence-electron chi connectivity index (χ0n) is 28.9. The van der Waals surface area contributed by atoms with E-state index in [1.54, 1.807) is 47.5 Å². The van der Waals surface area contributed by atoms with Gasteiger partial charge in [-0.25, -0.2) is 13.2 Å². The molecule has 4 aromatic rings. The van der Waals surface area contributed by atoms with Crippen molar-refractivity contribution in [2.24, 2.45) is 5.92 Å². The quantitative estimate of drug-likeness (QED) is 0.185. The summed E-state index contributed by atoms with van der Waals surface area (Å²) in [6, 6.07) is 20.6. The number of benzene rings is 3. The summed E-state index contributed by atoms with van der Waals surface area (Å²) >= 11 is 1.16. The molecule has 268 valence electrons. The molecule has 1 aliphatic heterocycles. The molecule has 3 aromatic carbocycles. The molecule has 0 aliphatic carbocycles. The molecule has 3 amide bonds. The topological polar surface area (TPSA) is 138 Å². The number of ether oxygens (including phenoxy) is 2. The van der Waals surface area contributed by atoms with Gasteiger partial charge in [0.2, 0.25) is 0 Å². The van der Waals surface area contributed by atoms with Crippen LogP contribution in [0.5, 0.6) is 5.75 Å². The Morgan fingerprint density at radius 2 is 1.84 bits per heavy atom. The van der Waals surface area contributed by atoms with Crippen LogP contribution in [0.4, 0.5) is 16.2 Å². The average Bonchev–Trinajstić information content (AvgIpc) is 3.66. The number of carbonyl (C=O) groups is 2. The van der Waals surface area contributed by atoms with Crippen molar-refractivity contribution in [3.63, 3.8) is 0 Å². The van der Waals surface area contributed by atoms with Crippen molar-refractivity contribution >= 4 is 55.4 Å². The number of nitrogens with zero attached hydrogens (tertiary/aromatic N) is 2. The number of hydrogen-bond donors (Lipinski definition) is 3. The zero-order valence-corrected chi connectivity index (χ0v) is 30.5. The van der Waals surface area contributed by atoms with Gasteiger partial charge in [-0.15, -0.1) is 11.3 Å². The van der Waals surface area contributed by atoms with E-state index in [-0.39, 0.29) is 41.5 Å². The highest BCUT2D eigenvalue weighted by atomic mass is 32.2. The van der Waals surface area contributed by atoms with Crippen LogP contribution in [-0.4, -0.2) is 86.3 Å². The fourth-order valence-electron chi connectivity index (χ4n) is 6.00. The lowest BCUT2D eigenvalue weighted by Crippen LogP contribution is -2.48. The van der Waals surface area contributed by atoms with Gasteiger partial charge in [0.05, 0.1) is 36.1 Å². The summed E-state index contributed by atoms with van der Waals surface area (Å²) in [6.07, 6.45) is 1.50. The van der Waals surface area contributed by atoms with E-state index in [9.17, 15) is 23.1 Å². The number of carbonyl (C=O) groups excluding carboxylic acids is 2. The summed E-state index contributed by atoms with van der Waals surface area (Å²) in [6.45, 7) is 5.99. The van der Waals surface area contributed by atoms with Gasteiger partial charge in [0, 0.05) is 43.7 Å². The highest BCUT2D eigenvalue weighted by molar-refractivity contribution is 7.91. The number of sulfonamides is 1. The molecular formula is C37H46N4O7S2. The van der Waals surface area contributed by atoms with Gasteiger partial charge in [0.15, 0.2) is 0 Å². The fourth-order valence-corrected chi connectivity index (χ4v) is 8.38. The Morgan fingerprint density at radius 3 is 2.60 bits per heavy atom. The highest BCUT2D eigenvalue weighted by Gasteiger charge is 2.32. The van der Waals surface area contributed by atoms with E-state index in [0.29, 0.717) is 30.2 Å². The number of urea groups is 1. The summed E-state index contributed by atoms with van der Waals surface area (Å²) < 4.78 is 40.7. The minimum Gasteiger partial charge on any atom is -0.490 e. The molecule has 0 spiro atoms. The number of nitrogens with one attached hydrogen (secondary N) is 2. The number of amides is 3. The smallest absolute Gasteiger partial charge is 0.323 e. The predicted molar refractivity (Wildman–Crippen MR) is 198 cm³/mol. The van der Waals surface area contributed by atoms with Crippen LogP contribution in [0.2, 0.25) is 0 Å². The highest BCUT2D eigenvalue weighted by Crippen LogP contribution is 2.30. The van der Waals surface area contributed by atoms with Crippen molar-refractivity contribution in [2.45, 2.75) is 62.5 Å². The molecule has 4 atom stereocenters. The molecule has 0 unspecified atom stereocenters. The van der Waals surface area contributed by atoms with Crippen LogP contribution in [0.3, 0.4) is 0 Å². The Bertz CT molecular complexity index is 1860. The third kappa shape index (κ3) is 9.01. The van der Waals surface area contributed by atoms with E-state index in [4.69, 9.17) is 9.47 Å². The molecule has 1 aromatic heterocycles. The van der Waals surface area contributed by atoms with Gasteiger partial charge in [0.25, 0.3) is 15.9 Å². The molecular weight excluding hydrogens is 677 g/mol. The SMILES string of the molecule is C[C@@H]1CCCCO[C@@H](CN(C)S(=O)(=O)c2cccs2)[C@@H](C)CN([C@H](C)CO)C(=O)c2cc(NC(=O)Nc3cccc4ccccc34)ccc2O1. The molecule has 13 heteroatoms. The van der Waals surface area contributed by atoms with Crippen LogP contribution in [0.25, 0.3) is 10.8 Å². The maximum atomic E-state index is 14.4. The molecule has 0 fully saturated rings. The van der Waals surface area contributed by atoms with Crippen molar-refractivity contribution in [1.29, 1.82) is 0 Å². The van der Waals surface area contributed by atoms with Gasteiger partial charge in [-0.2, -0.15) is 4.31 Å². The number of aliphatic hydroxyl groups excluding tert-OH is 1. The Labute approximate surface area is 298 Å². The molecule has 50 heavy (non-hydrogen) atoms. The lowest BCUT2D eigenvalue weighted by molar-refractivity contribution is -0.00832. The van der Waals surface area contributed by atoms with Crippen molar-refractivity contribution < 1.29 is 32.6 Å².